The Hall–Kier alpha value is -2.55. The molecule has 9 heteroatoms. The Balaban J connectivity index is 1.68. The lowest BCUT2D eigenvalue weighted by atomic mass is 9.96. The summed E-state index contributed by atoms with van der Waals surface area (Å²) in [5, 5.41) is 6.26. The third-order valence-electron chi connectivity index (χ3n) is 5.60. The number of aromatic nitrogens is 2. The van der Waals surface area contributed by atoms with E-state index in [1.807, 2.05) is 7.05 Å². The smallest absolute Gasteiger partial charge is 0.399 e. The van der Waals surface area contributed by atoms with E-state index in [2.05, 4.69) is 20.5 Å². The average molecular weight is 406 g/mol. The Morgan fingerprint density at radius 3 is 2.66 bits per heavy atom. The molecule has 0 spiro atoms. The third-order valence-corrected chi connectivity index (χ3v) is 5.60. The highest BCUT2D eigenvalue weighted by molar-refractivity contribution is 5.64. The van der Waals surface area contributed by atoms with Crippen molar-refractivity contribution in [3.8, 4) is 0 Å². The molecule has 1 aromatic carbocycles. The predicted molar refractivity (Wildman–Crippen MR) is 107 cm³/mol. The molecule has 1 aromatic heterocycles. The van der Waals surface area contributed by atoms with E-state index in [9.17, 15) is 13.2 Å². The molecule has 4 rings (SSSR count). The highest BCUT2D eigenvalue weighted by atomic mass is 19.4. The summed E-state index contributed by atoms with van der Waals surface area (Å²) in [7, 11) is 1.95. The zero-order valence-electron chi connectivity index (χ0n) is 16.3. The van der Waals surface area contributed by atoms with Crippen molar-refractivity contribution in [3.05, 3.63) is 35.0 Å². The van der Waals surface area contributed by atoms with Gasteiger partial charge in [0, 0.05) is 36.1 Å². The fourth-order valence-corrected chi connectivity index (χ4v) is 4.10. The number of nitrogens with zero attached hydrogens (tertiary/aromatic N) is 3. The summed E-state index contributed by atoms with van der Waals surface area (Å²) in [6, 6.07) is 3.83. The minimum atomic E-state index is -4.47. The minimum Gasteiger partial charge on any atom is -0.399 e. The molecule has 1 aliphatic carbocycles. The van der Waals surface area contributed by atoms with Crippen molar-refractivity contribution in [1.82, 2.24) is 15.3 Å². The quantitative estimate of drug-likeness (QED) is 0.675. The number of anilines is 4. The van der Waals surface area contributed by atoms with Gasteiger partial charge in [0.05, 0.1) is 11.3 Å². The number of halogens is 3. The summed E-state index contributed by atoms with van der Waals surface area (Å²) in [5.41, 5.74) is 7.31. The predicted octanol–water partition coefficient (Wildman–Crippen LogP) is 3.50. The summed E-state index contributed by atoms with van der Waals surface area (Å²) < 4.78 is 39.4. The lowest BCUT2D eigenvalue weighted by Crippen LogP contribution is -2.31. The number of nitrogens with two attached hydrogens (primary N) is 1. The number of aryl methyl sites for hydroxylation is 1. The number of nitrogens with one attached hydrogen (secondary N) is 2. The normalized spacial score (nSPS) is 19.3. The Morgan fingerprint density at radius 2 is 1.93 bits per heavy atom. The average Bonchev–Trinajstić information content (AvgIpc) is 3.15. The fourth-order valence-electron chi connectivity index (χ4n) is 4.10. The topological polar surface area (TPSA) is 79.1 Å². The van der Waals surface area contributed by atoms with Gasteiger partial charge in [0.15, 0.2) is 0 Å². The van der Waals surface area contributed by atoms with Gasteiger partial charge in [-0.05, 0) is 57.4 Å². The Bertz CT molecular complexity index is 899. The number of rotatable bonds is 4. The van der Waals surface area contributed by atoms with Gasteiger partial charge in [-0.25, -0.2) is 4.98 Å². The first-order valence-corrected chi connectivity index (χ1v) is 9.90. The Kier molecular flexibility index (Phi) is 5.24. The number of hydrogen-bond acceptors (Lipinski definition) is 6. The first-order valence-electron chi connectivity index (χ1n) is 9.90. The van der Waals surface area contributed by atoms with Gasteiger partial charge in [-0.3, -0.25) is 0 Å². The van der Waals surface area contributed by atoms with Crippen LogP contribution >= 0.6 is 0 Å². The molecular formula is C20H25F3N6. The summed E-state index contributed by atoms with van der Waals surface area (Å²) in [6.07, 6.45) is 0.505. The number of benzene rings is 1. The van der Waals surface area contributed by atoms with E-state index in [-0.39, 0.29) is 11.4 Å². The Labute approximate surface area is 167 Å². The van der Waals surface area contributed by atoms with Crippen LogP contribution in [-0.4, -0.2) is 36.1 Å². The van der Waals surface area contributed by atoms with E-state index in [0.29, 0.717) is 12.0 Å². The van der Waals surface area contributed by atoms with Crippen molar-refractivity contribution < 1.29 is 13.2 Å². The van der Waals surface area contributed by atoms with Crippen LogP contribution in [0.5, 0.6) is 0 Å². The van der Waals surface area contributed by atoms with Crippen LogP contribution in [0.15, 0.2) is 18.2 Å². The number of fused-ring (bicyclic) bond motifs is 1. The zero-order chi connectivity index (χ0) is 20.6. The van der Waals surface area contributed by atoms with E-state index in [0.717, 1.165) is 68.8 Å². The van der Waals surface area contributed by atoms with Gasteiger partial charge in [-0.15, -0.1) is 0 Å². The molecule has 1 atom stereocenters. The van der Waals surface area contributed by atoms with E-state index >= 15 is 0 Å². The largest absolute Gasteiger partial charge is 0.416 e. The molecule has 1 aliphatic heterocycles. The molecule has 2 heterocycles. The number of nitrogen functional groups attached to an aromatic ring is 1. The molecule has 0 bridgehead atoms. The van der Waals surface area contributed by atoms with Gasteiger partial charge >= 0.3 is 6.18 Å². The van der Waals surface area contributed by atoms with Crippen LogP contribution in [0.4, 0.5) is 36.3 Å². The fraction of sp³-hybridized carbons (Fsp3) is 0.500. The molecule has 29 heavy (non-hydrogen) atoms. The second-order valence-electron chi connectivity index (χ2n) is 7.69. The highest BCUT2D eigenvalue weighted by Gasteiger charge is 2.31. The van der Waals surface area contributed by atoms with Gasteiger partial charge in [0.2, 0.25) is 5.95 Å². The van der Waals surface area contributed by atoms with E-state index in [4.69, 9.17) is 10.7 Å². The summed E-state index contributed by atoms with van der Waals surface area (Å²) >= 11 is 0. The lowest BCUT2D eigenvalue weighted by molar-refractivity contribution is -0.137. The molecule has 156 valence electrons. The van der Waals surface area contributed by atoms with Crippen molar-refractivity contribution in [1.29, 1.82) is 0 Å². The molecule has 0 unspecified atom stereocenters. The molecule has 6 nitrogen and oxygen atoms in total. The number of hydrogen-bond donors (Lipinski definition) is 3. The maximum absolute atomic E-state index is 13.1. The first-order chi connectivity index (χ1) is 13.8. The van der Waals surface area contributed by atoms with Crippen molar-refractivity contribution in [3.63, 3.8) is 0 Å². The molecule has 2 aliphatic rings. The maximum atomic E-state index is 13.1. The van der Waals surface area contributed by atoms with Crippen molar-refractivity contribution in [2.75, 3.05) is 36.1 Å². The van der Waals surface area contributed by atoms with Gasteiger partial charge in [0.25, 0.3) is 0 Å². The van der Waals surface area contributed by atoms with Crippen molar-refractivity contribution >= 4 is 23.1 Å². The van der Waals surface area contributed by atoms with Crippen LogP contribution in [-0.2, 0) is 19.0 Å². The SMILES string of the molecule is CN[C@H]1CCN(c2nc(Nc3cc(N)cc(C(F)(F)F)c3)nc3c2CCCC3)C1. The molecule has 1 fully saturated rings. The molecular weight excluding hydrogens is 381 g/mol. The van der Waals surface area contributed by atoms with Gasteiger partial charge in [0.1, 0.15) is 5.82 Å². The second kappa shape index (κ2) is 7.70. The van der Waals surface area contributed by atoms with Crippen LogP contribution in [0.1, 0.15) is 36.1 Å². The zero-order valence-corrected chi connectivity index (χ0v) is 16.3. The first kappa shape index (κ1) is 19.8. The van der Waals surface area contributed by atoms with E-state index in [1.165, 1.54) is 11.6 Å². The third kappa shape index (κ3) is 4.24. The van der Waals surface area contributed by atoms with Crippen molar-refractivity contribution in [2.24, 2.45) is 0 Å². The van der Waals surface area contributed by atoms with E-state index in [1.54, 1.807) is 0 Å². The molecule has 0 amide bonds. The van der Waals surface area contributed by atoms with Crippen LogP contribution in [0.2, 0.25) is 0 Å². The maximum Gasteiger partial charge on any atom is 0.416 e. The minimum absolute atomic E-state index is 0.0388. The van der Waals surface area contributed by atoms with E-state index < -0.39 is 11.7 Å². The van der Waals surface area contributed by atoms with Crippen LogP contribution in [0.3, 0.4) is 0 Å². The van der Waals surface area contributed by atoms with Crippen LogP contribution in [0.25, 0.3) is 0 Å². The molecule has 4 N–H and O–H groups in total. The summed E-state index contributed by atoms with van der Waals surface area (Å²) in [4.78, 5) is 11.6. The molecule has 0 radical (unpaired) electrons. The standard InChI is InChI=1S/C20H25F3N6/c1-25-14-6-7-29(11-14)18-16-4-2-3-5-17(16)27-19(28-18)26-15-9-12(20(21,22)23)8-13(24)10-15/h8-10,14,25H,2-7,11,24H2,1H3,(H,26,27,28)/t14-/m0/s1. The van der Waals surface area contributed by atoms with Crippen molar-refractivity contribution in [2.45, 2.75) is 44.3 Å². The highest BCUT2D eigenvalue weighted by Crippen LogP contribution is 2.35. The molecule has 0 saturated carbocycles. The monoisotopic (exact) mass is 406 g/mol. The van der Waals surface area contributed by atoms with Gasteiger partial charge in [-0.1, -0.05) is 0 Å². The van der Waals surface area contributed by atoms with Crippen LogP contribution in [0, 0.1) is 0 Å². The Morgan fingerprint density at radius 1 is 1.14 bits per heavy atom. The summed E-state index contributed by atoms with van der Waals surface area (Å²) in [5.74, 6) is 1.21. The molecule has 1 saturated heterocycles. The lowest BCUT2D eigenvalue weighted by Gasteiger charge is -2.25. The molecule has 2 aromatic rings. The van der Waals surface area contributed by atoms with Crippen LogP contribution < -0.4 is 21.3 Å². The van der Waals surface area contributed by atoms with Gasteiger partial charge < -0.3 is 21.3 Å². The number of likely N-dealkylation sites (N-methyl/N-ethyl adjacent to an activating group) is 1. The summed E-state index contributed by atoms with van der Waals surface area (Å²) in [6.45, 7) is 1.75. The number of alkyl halides is 3. The second-order valence-corrected chi connectivity index (χ2v) is 7.69. The van der Waals surface area contributed by atoms with Gasteiger partial charge in [-0.2, -0.15) is 18.2 Å².